The lowest BCUT2D eigenvalue weighted by molar-refractivity contribution is -0.117. The van der Waals surface area contributed by atoms with Gasteiger partial charge in [0.05, 0.1) is 6.61 Å². The minimum atomic E-state index is -0.366. The number of rotatable bonds is 8. The molecule has 0 atom stereocenters. The molecular formula is C22H27N3O3. The number of amides is 2. The van der Waals surface area contributed by atoms with Crippen molar-refractivity contribution in [2.24, 2.45) is 0 Å². The van der Waals surface area contributed by atoms with Gasteiger partial charge in [-0.1, -0.05) is 29.8 Å². The second-order valence-electron chi connectivity index (χ2n) is 6.61. The third kappa shape index (κ3) is 6.25. The van der Waals surface area contributed by atoms with Gasteiger partial charge in [0.1, 0.15) is 5.70 Å². The van der Waals surface area contributed by atoms with Crippen molar-refractivity contribution in [1.29, 1.82) is 0 Å². The number of aryl methyl sites for hydroxylation is 1. The second-order valence-corrected chi connectivity index (χ2v) is 6.61. The van der Waals surface area contributed by atoms with Gasteiger partial charge in [0, 0.05) is 39.0 Å². The van der Waals surface area contributed by atoms with Crippen molar-refractivity contribution in [2.75, 3.05) is 39.3 Å². The van der Waals surface area contributed by atoms with Gasteiger partial charge in [0.15, 0.2) is 0 Å². The largest absolute Gasteiger partial charge is 0.383 e. The number of anilines is 1. The summed E-state index contributed by atoms with van der Waals surface area (Å²) in [7, 11) is 5.48. The smallest absolute Gasteiger partial charge is 0.267 e. The highest BCUT2D eigenvalue weighted by molar-refractivity contribution is 6.05. The molecule has 2 aromatic carbocycles. The molecule has 0 aliphatic heterocycles. The summed E-state index contributed by atoms with van der Waals surface area (Å²) in [4.78, 5) is 27.1. The molecule has 2 aromatic rings. The minimum absolute atomic E-state index is 0.180. The normalized spacial score (nSPS) is 11.1. The summed E-state index contributed by atoms with van der Waals surface area (Å²) >= 11 is 0. The molecule has 6 heteroatoms. The molecule has 6 nitrogen and oxygen atoms in total. The Morgan fingerprint density at radius 1 is 1.04 bits per heavy atom. The molecule has 2 rings (SSSR count). The summed E-state index contributed by atoms with van der Waals surface area (Å²) in [6.07, 6.45) is 1.66. The molecule has 0 heterocycles. The zero-order valence-electron chi connectivity index (χ0n) is 16.8. The van der Waals surface area contributed by atoms with Gasteiger partial charge >= 0.3 is 0 Å². The van der Waals surface area contributed by atoms with Crippen LogP contribution in [0.2, 0.25) is 0 Å². The first-order valence-corrected chi connectivity index (χ1v) is 9.05. The van der Waals surface area contributed by atoms with Gasteiger partial charge in [0.25, 0.3) is 11.8 Å². The summed E-state index contributed by atoms with van der Waals surface area (Å²) in [5.74, 6) is -0.702. The van der Waals surface area contributed by atoms with E-state index in [2.05, 4.69) is 10.6 Å². The molecule has 0 fully saturated rings. The standard InChI is InChI=1S/C22H27N3O3/c1-16-5-9-18(10-6-16)21(26)24-20(22(27)23-13-14-28-4)15-17-7-11-19(12-8-17)25(2)3/h5-12,15H,13-14H2,1-4H3,(H,23,27)(H,24,26)/b20-15+. The van der Waals surface area contributed by atoms with Gasteiger partial charge in [0.2, 0.25) is 0 Å². The van der Waals surface area contributed by atoms with Crippen molar-refractivity contribution in [1.82, 2.24) is 10.6 Å². The van der Waals surface area contributed by atoms with Crippen molar-refractivity contribution < 1.29 is 14.3 Å². The average Bonchev–Trinajstić information content (AvgIpc) is 2.68. The molecule has 148 valence electrons. The van der Waals surface area contributed by atoms with E-state index in [4.69, 9.17) is 4.74 Å². The van der Waals surface area contributed by atoms with Gasteiger partial charge in [-0.3, -0.25) is 9.59 Å². The van der Waals surface area contributed by atoms with Gasteiger partial charge in [-0.05, 0) is 42.8 Å². The van der Waals surface area contributed by atoms with Crippen LogP contribution in [0.5, 0.6) is 0 Å². The molecule has 2 N–H and O–H groups in total. The van der Waals surface area contributed by atoms with Crippen LogP contribution in [0.4, 0.5) is 5.69 Å². The Hall–Kier alpha value is -3.12. The van der Waals surface area contributed by atoms with Gasteiger partial charge in [-0.15, -0.1) is 0 Å². The number of carbonyl (C=O) groups is 2. The highest BCUT2D eigenvalue weighted by Crippen LogP contribution is 2.14. The third-order valence-corrected chi connectivity index (χ3v) is 4.12. The zero-order valence-corrected chi connectivity index (χ0v) is 16.8. The topological polar surface area (TPSA) is 70.7 Å². The van der Waals surface area contributed by atoms with Crippen molar-refractivity contribution >= 4 is 23.6 Å². The molecule has 0 aliphatic rings. The molecule has 0 aliphatic carbocycles. The molecule has 0 radical (unpaired) electrons. The molecule has 0 saturated carbocycles. The molecule has 0 unspecified atom stereocenters. The third-order valence-electron chi connectivity index (χ3n) is 4.12. The molecule has 28 heavy (non-hydrogen) atoms. The van der Waals surface area contributed by atoms with Crippen molar-refractivity contribution in [2.45, 2.75) is 6.92 Å². The fourth-order valence-electron chi connectivity index (χ4n) is 2.46. The first kappa shape index (κ1) is 21.2. The zero-order chi connectivity index (χ0) is 20.5. The Morgan fingerprint density at radius 3 is 2.25 bits per heavy atom. The highest BCUT2D eigenvalue weighted by Gasteiger charge is 2.14. The SMILES string of the molecule is COCCNC(=O)/C(=C\c1ccc(N(C)C)cc1)NC(=O)c1ccc(C)cc1. The number of carbonyl (C=O) groups excluding carboxylic acids is 2. The van der Waals surface area contributed by atoms with Crippen LogP contribution in [0.1, 0.15) is 21.5 Å². The molecule has 0 aromatic heterocycles. The molecule has 0 bridgehead atoms. The van der Waals surface area contributed by atoms with E-state index in [0.29, 0.717) is 18.7 Å². The van der Waals surface area contributed by atoms with Crippen LogP contribution in [-0.4, -0.2) is 46.2 Å². The Morgan fingerprint density at radius 2 is 1.68 bits per heavy atom. The van der Waals surface area contributed by atoms with Crippen LogP contribution < -0.4 is 15.5 Å². The van der Waals surface area contributed by atoms with Crippen molar-refractivity contribution in [3.63, 3.8) is 0 Å². The van der Waals surface area contributed by atoms with E-state index in [9.17, 15) is 9.59 Å². The van der Waals surface area contributed by atoms with E-state index < -0.39 is 0 Å². The van der Waals surface area contributed by atoms with Crippen LogP contribution in [0, 0.1) is 6.92 Å². The Kier molecular flexibility index (Phi) is 7.77. The van der Waals surface area contributed by atoms with E-state index in [1.807, 2.05) is 62.3 Å². The molecule has 2 amide bonds. The van der Waals surface area contributed by atoms with Crippen LogP contribution >= 0.6 is 0 Å². The van der Waals surface area contributed by atoms with E-state index in [1.165, 1.54) is 0 Å². The maximum Gasteiger partial charge on any atom is 0.267 e. The first-order valence-electron chi connectivity index (χ1n) is 9.05. The van der Waals surface area contributed by atoms with Gasteiger partial charge in [-0.25, -0.2) is 0 Å². The second kappa shape index (κ2) is 10.3. The van der Waals surface area contributed by atoms with Crippen LogP contribution in [0.25, 0.3) is 6.08 Å². The Labute approximate surface area is 166 Å². The number of nitrogens with zero attached hydrogens (tertiary/aromatic N) is 1. The first-order chi connectivity index (χ1) is 13.4. The predicted octanol–water partition coefficient (Wildman–Crippen LogP) is 2.59. The highest BCUT2D eigenvalue weighted by atomic mass is 16.5. The van der Waals surface area contributed by atoms with Gasteiger partial charge < -0.3 is 20.3 Å². The summed E-state index contributed by atoms with van der Waals surface area (Å²) in [5.41, 5.74) is 3.59. The van der Waals surface area contributed by atoms with E-state index in [1.54, 1.807) is 25.3 Å². The number of hydrogen-bond acceptors (Lipinski definition) is 4. The van der Waals surface area contributed by atoms with Crippen LogP contribution in [0.3, 0.4) is 0 Å². The predicted molar refractivity (Wildman–Crippen MR) is 112 cm³/mol. The van der Waals surface area contributed by atoms with E-state index in [-0.39, 0.29) is 17.5 Å². The maximum atomic E-state index is 12.6. The fourth-order valence-corrected chi connectivity index (χ4v) is 2.46. The fraction of sp³-hybridized carbons (Fsp3) is 0.273. The Balaban J connectivity index is 2.23. The van der Waals surface area contributed by atoms with Gasteiger partial charge in [-0.2, -0.15) is 0 Å². The number of ether oxygens (including phenoxy) is 1. The molecule has 0 spiro atoms. The summed E-state index contributed by atoms with van der Waals surface area (Å²) in [6.45, 7) is 2.70. The van der Waals surface area contributed by atoms with Crippen LogP contribution in [-0.2, 0) is 9.53 Å². The van der Waals surface area contributed by atoms with E-state index >= 15 is 0 Å². The summed E-state index contributed by atoms with van der Waals surface area (Å²) in [6, 6.07) is 14.9. The number of hydrogen-bond donors (Lipinski definition) is 2. The average molecular weight is 381 g/mol. The summed E-state index contributed by atoms with van der Waals surface area (Å²) < 4.78 is 4.96. The maximum absolute atomic E-state index is 12.6. The Bertz CT molecular complexity index is 825. The monoisotopic (exact) mass is 381 g/mol. The molecular weight excluding hydrogens is 354 g/mol. The van der Waals surface area contributed by atoms with Crippen molar-refractivity contribution in [3.8, 4) is 0 Å². The molecule has 0 saturated heterocycles. The quantitative estimate of drug-likeness (QED) is 0.545. The lowest BCUT2D eigenvalue weighted by Crippen LogP contribution is -2.36. The minimum Gasteiger partial charge on any atom is -0.383 e. The van der Waals surface area contributed by atoms with Crippen LogP contribution in [0.15, 0.2) is 54.2 Å². The van der Waals surface area contributed by atoms with E-state index in [0.717, 1.165) is 16.8 Å². The lowest BCUT2D eigenvalue weighted by atomic mass is 10.1. The lowest BCUT2D eigenvalue weighted by Gasteiger charge is -2.13. The van der Waals surface area contributed by atoms with Crippen molar-refractivity contribution in [3.05, 3.63) is 70.9 Å². The number of nitrogens with one attached hydrogen (secondary N) is 2. The number of methoxy groups -OCH3 is 1. The number of benzene rings is 2. The summed E-state index contributed by atoms with van der Waals surface area (Å²) in [5, 5.41) is 5.47.